The molecule has 246 valence electrons. The Hall–Kier alpha value is -4.98. The fraction of sp³-hybridized carbons (Fsp3) is 0.429. The highest BCUT2D eigenvalue weighted by atomic mass is 19.1. The van der Waals surface area contributed by atoms with Crippen molar-refractivity contribution in [1.82, 2.24) is 29.7 Å². The number of pyridine rings is 2. The van der Waals surface area contributed by atoms with Crippen LogP contribution in [0.5, 0.6) is 6.01 Å². The van der Waals surface area contributed by atoms with Crippen LogP contribution in [0.3, 0.4) is 0 Å². The quantitative estimate of drug-likeness (QED) is 0.205. The second-order valence-corrected chi connectivity index (χ2v) is 12.3. The molecule has 0 N–H and O–H groups in total. The van der Waals surface area contributed by atoms with Crippen LogP contribution < -0.4 is 9.64 Å². The number of ether oxygens (including phenoxy) is 2. The number of alkyl halides is 1. The summed E-state index contributed by atoms with van der Waals surface area (Å²) in [6.07, 6.45) is 7.03. The number of rotatable bonds is 8. The Balaban J connectivity index is 1.23. The number of nitriles is 1. The van der Waals surface area contributed by atoms with E-state index in [0.717, 1.165) is 48.9 Å². The first kappa shape index (κ1) is 31.6. The molecule has 0 saturated carbocycles. The van der Waals surface area contributed by atoms with Crippen molar-refractivity contribution < 1.29 is 23.0 Å². The monoisotopic (exact) mass is 652 g/mol. The van der Waals surface area contributed by atoms with Crippen LogP contribution in [0.15, 0.2) is 36.8 Å². The summed E-state index contributed by atoms with van der Waals surface area (Å²) in [6.45, 7) is 4.63. The van der Waals surface area contributed by atoms with Crippen LogP contribution in [0.4, 0.5) is 14.6 Å². The predicted octanol–water partition coefficient (Wildman–Crippen LogP) is 3.83. The van der Waals surface area contributed by atoms with Gasteiger partial charge in [0.15, 0.2) is 12.5 Å². The average molecular weight is 653 g/mol. The molecule has 3 aliphatic rings. The first-order valence-electron chi connectivity index (χ1n) is 16.1. The van der Waals surface area contributed by atoms with E-state index in [1.165, 1.54) is 4.90 Å². The molecule has 0 spiro atoms. The number of amides is 1. The van der Waals surface area contributed by atoms with Gasteiger partial charge in [-0.25, -0.2) is 8.78 Å². The lowest BCUT2D eigenvalue weighted by atomic mass is 10.00. The fourth-order valence-corrected chi connectivity index (χ4v) is 7.08. The highest BCUT2D eigenvalue weighted by molar-refractivity contribution is 6.00. The van der Waals surface area contributed by atoms with Crippen LogP contribution in [0.2, 0.25) is 0 Å². The number of piperazine rings is 1. The van der Waals surface area contributed by atoms with Crippen molar-refractivity contribution in [2.45, 2.75) is 44.4 Å². The highest BCUT2D eigenvalue weighted by Crippen LogP contribution is 2.36. The zero-order valence-corrected chi connectivity index (χ0v) is 26.5. The summed E-state index contributed by atoms with van der Waals surface area (Å²) in [5, 5.41) is 11.6. The molecule has 1 amide bonds. The molecule has 3 aliphatic heterocycles. The number of fused-ring (bicyclic) bond motifs is 4. The lowest BCUT2D eigenvalue weighted by Gasteiger charge is -2.40. The number of halogens is 2. The van der Waals surface area contributed by atoms with Crippen LogP contribution in [0.1, 0.15) is 24.8 Å². The summed E-state index contributed by atoms with van der Waals surface area (Å²) in [5.74, 6) is 3.68. The van der Waals surface area contributed by atoms with Gasteiger partial charge in [-0.15, -0.1) is 0 Å². The molecular formula is C35H34F2N8O3. The Bertz CT molecular complexity index is 1970. The Morgan fingerprint density at radius 1 is 1.19 bits per heavy atom. The highest BCUT2D eigenvalue weighted by Gasteiger charge is 2.38. The van der Waals surface area contributed by atoms with Gasteiger partial charge >= 0.3 is 6.01 Å². The van der Waals surface area contributed by atoms with E-state index in [9.17, 15) is 14.4 Å². The van der Waals surface area contributed by atoms with Gasteiger partial charge in [0.25, 0.3) is 5.91 Å². The van der Waals surface area contributed by atoms with E-state index in [-0.39, 0.29) is 36.7 Å². The van der Waals surface area contributed by atoms with Gasteiger partial charge in [0.05, 0.1) is 43.2 Å². The van der Waals surface area contributed by atoms with Gasteiger partial charge in [-0.1, -0.05) is 24.1 Å². The molecule has 2 bridgehead atoms. The number of carbonyl (C=O) groups excluding carboxylic acids is 1. The molecule has 13 heteroatoms. The summed E-state index contributed by atoms with van der Waals surface area (Å²) in [6, 6.07) is 7.87. The Kier molecular flexibility index (Phi) is 8.98. The second-order valence-electron chi connectivity index (χ2n) is 12.3. The topological polar surface area (TPSA) is 121 Å². The van der Waals surface area contributed by atoms with Gasteiger partial charge < -0.3 is 19.3 Å². The Morgan fingerprint density at radius 2 is 2.08 bits per heavy atom. The third-order valence-electron chi connectivity index (χ3n) is 9.36. The summed E-state index contributed by atoms with van der Waals surface area (Å²) < 4.78 is 41.1. The van der Waals surface area contributed by atoms with E-state index in [2.05, 4.69) is 37.8 Å². The lowest BCUT2D eigenvalue weighted by Crippen LogP contribution is -2.55. The van der Waals surface area contributed by atoms with Gasteiger partial charge in [-0.2, -0.15) is 15.2 Å². The number of aryl methyl sites for hydroxylation is 1. The minimum Gasteiger partial charge on any atom is -0.463 e. The van der Waals surface area contributed by atoms with Gasteiger partial charge in [0.2, 0.25) is 0 Å². The van der Waals surface area contributed by atoms with Gasteiger partial charge in [0, 0.05) is 68.3 Å². The third kappa shape index (κ3) is 6.07. The van der Waals surface area contributed by atoms with Crippen molar-refractivity contribution >= 4 is 33.4 Å². The first-order valence-corrected chi connectivity index (χ1v) is 16.1. The minimum atomic E-state index is -0.938. The van der Waals surface area contributed by atoms with Crippen LogP contribution in [0, 0.1) is 35.9 Å². The van der Waals surface area contributed by atoms with Gasteiger partial charge in [-0.05, 0) is 36.6 Å². The number of likely N-dealkylation sites (tertiary alicyclic amines) is 1. The van der Waals surface area contributed by atoms with E-state index in [1.54, 1.807) is 18.6 Å². The molecule has 6 heterocycles. The zero-order chi connectivity index (χ0) is 33.2. The van der Waals surface area contributed by atoms with Crippen LogP contribution >= 0.6 is 0 Å². The fourth-order valence-electron chi connectivity index (χ4n) is 7.08. The molecule has 11 nitrogen and oxygen atoms in total. The number of benzene rings is 1. The van der Waals surface area contributed by atoms with E-state index in [1.807, 2.05) is 30.0 Å². The summed E-state index contributed by atoms with van der Waals surface area (Å²) >= 11 is 0. The predicted molar refractivity (Wildman–Crippen MR) is 174 cm³/mol. The zero-order valence-electron chi connectivity index (χ0n) is 26.5. The second kappa shape index (κ2) is 13.6. The van der Waals surface area contributed by atoms with Crippen molar-refractivity contribution in [2.75, 3.05) is 57.5 Å². The van der Waals surface area contributed by atoms with Crippen molar-refractivity contribution in [3.8, 4) is 35.2 Å². The molecule has 4 aromatic rings. The van der Waals surface area contributed by atoms with Crippen LogP contribution in [-0.2, 0) is 9.53 Å². The Labute approximate surface area is 276 Å². The largest absolute Gasteiger partial charge is 0.463 e. The van der Waals surface area contributed by atoms with Crippen molar-refractivity contribution in [3.05, 3.63) is 48.2 Å². The molecule has 3 fully saturated rings. The molecule has 0 unspecified atom stereocenters. The number of carbonyl (C=O) groups is 1. The number of nitrogens with zero attached hydrogens (tertiary/aromatic N) is 8. The third-order valence-corrected chi connectivity index (χ3v) is 9.36. The minimum absolute atomic E-state index is 0.0243. The lowest BCUT2D eigenvalue weighted by molar-refractivity contribution is -0.127. The van der Waals surface area contributed by atoms with Crippen molar-refractivity contribution in [1.29, 1.82) is 5.26 Å². The van der Waals surface area contributed by atoms with E-state index < -0.39 is 24.4 Å². The maximum absolute atomic E-state index is 16.7. The maximum Gasteiger partial charge on any atom is 0.319 e. The average Bonchev–Trinajstić information content (AvgIpc) is 3.73. The molecule has 1 aromatic carbocycles. The summed E-state index contributed by atoms with van der Waals surface area (Å²) in [7, 11) is 0. The number of anilines is 1. The SMILES string of the molecule is Cc1cccc2cncc(-c3ncc4c(N5CCN(C(=O)C#CCF)[C@@H](CC#N)C5)nc(OCCCN5C[C@@H]6C[C@H]5CO6)nc4c3F)c12. The molecule has 7 rings (SSSR count). The number of hydrogen-bond acceptors (Lipinski definition) is 10. The molecule has 3 atom stereocenters. The first-order chi connectivity index (χ1) is 23.4. The number of aromatic nitrogens is 4. The van der Waals surface area contributed by atoms with E-state index in [4.69, 9.17) is 14.5 Å². The maximum atomic E-state index is 16.7. The summed E-state index contributed by atoms with van der Waals surface area (Å²) in [4.78, 5) is 36.7. The normalized spacial score (nSPS) is 20.6. The smallest absolute Gasteiger partial charge is 0.319 e. The Morgan fingerprint density at radius 3 is 2.88 bits per heavy atom. The van der Waals surface area contributed by atoms with Crippen molar-refractivity contribution in [3.63, 3.8) is 0 Å². The number of morpholine rings is 1. The van der Waals surface area contributed by atoms with E-state index in [0.29, 0.717) is 42.1 Å². The molecule has 0 radical (unpaired) electrons. The molecule has 0 aliphatic carbocycles. The van der Waals surface area contributed by atoms with Crippen LogP contribution in [0.25, 0.3) is 32.9 Å². The standard InChI is InChI=1S/C35H34F2N8O3/c1-22-5-2-6-23-16-39-17-27(30(22)23)32-31(37)33-28(18-40-32)34(44-12-13-45(24(19-44)8-10-38)29(46)7-3-9-36)42-35(41-33)47-14-4-11-43-20-26-15-25(43)21-48-26/h2,5-6,16-18,24-26H,4,8-9,11-15,19-21H2,1H3/t24-,25-,26-/m0/s1. The molecule has 48 heavy (non-hydrogen) atoms. The van der Waals surface area contributed by atoms with Gasteiger partial charge in [0.1, 0.15) is 17.0 Å². The summed E-state index contributed by atoms with van der Waals surface area (Å²) in [5.41, 5.74) is 1.67. The molecule has 3 saturated heterocycles. The molecule has 3 aromatic heterocycles. The molecular weight excluding hydrogens is 618 g/mol. The van der Waals surface area contributed by atoms with Crippen LogP contribution in [-0.4, -0.2) is 106 Å². The van der Waals surface area contributed by atoms with Crippen molar-refractivity contribution in [2.24, 2.45) is 0 Å². The number of hydrogen-bond donors (Lipinski definition) is 0. The van der Waals surface area contributed by atoms with E-state index >= 15 is 4.39 Å². The van der Waals surface area contributed by atoms with Gasteiger partial charge in [-0.3, -0.25) is 19.7 Å².